The lowest BCUT2D eigenvalue weighted by atomic mass is 9.80. The van der Waals surface area contributed by atoms with Crippen molar-refractivity contribution in [2.24, 2.45) is 0 Å². The molecule has 3 heterocycles. The number of ether oxygens (including phenoxy) is 1. The van der Waals surface area contributed by atoms with E-state index in [0.717, 1.165) is 23.3 Å². The number of carbonyl (C=O) groups is 3. The summed E-state index contributed by atoms with van der Waals surface area (Å²) in [6.07, 6.45) is 5.03. The molecule has 5 rings (SSSR count). The quantitative estimate of drug-likeness (QED) is 0.422. The number of nitriles is 2. The first-order chi connectivity index (χ1) is 21.4. The van der Waals surface area contributed by atoms with Crippen molar-refractivity contribution in [3.63, 3.8) is 0 Å². The van der Waals surface area contributed by atoms with E-state index >= 15 is 0 Å². The number of benzene rings is 1. The minimum Gasteiger partial charge on any atom is -0.443 e. The molecule has 0 atom stereocenters. The SMILES string of the molecule is CC1=C(NCCN2C(=O)C3=C(CCC=C3)C2=O)c2cc(C3C(C#N)=C(C)NC(C)=C3C#N)ccc2N(C(=O)OC(C)(C)C)CC1. The van der Waals surface area contributed by atoms with Gasteiger partial charge in [0.05, 0.1) is 34.9 Å². The fraction of sp³-hybridized carbons (Fsp3) is 0.400. The van der Waals surface area contributed by atoms with Crippen molar-refractivity contribution >= 4 is 29.3 Å². The Labute approximate surface area is 264 Å². The van der Waals surface area contributed by atoms with Crippen LogP contribution in [0, 0.1) is 22.7 Å². The predicted octanol–water partition coefficient (Wildman–Crippen LogP) is 5.45. The van der Waals surface area contributed by atoms with Gasteiger partial charge in [-0.25, -0.2) is 4.79 Å². The zero-order valence-electron chi connectivity index (χ0n) is 26.6. The molecule has 3 amide bonds. The van der Waals surface area contributed by atoms with E-state index in [0.29, 0.717) is 70.9 Å². The van der Waals surface area contributed by atoms with Gasteiger partial charge in [-0.1, -0.05) is 18.2 Å². The van der Waals surface area contributed by atoms with Crippen LogP contribution in [0.5, 0.6) is 0 Å². The Kier molecular flexibility index (Phi) is 8.44. The van der Waals surface area contributed by atoms with E-state index in [4.69, 9.17) is 4.74 Å². The smallest absolute Gasteiger partial charge is 0.414 e. The van der Waals surface area contributed by atoms with Crippen LogP contribution in [-0.2, 0) is 14.3 Å². The largest absolute Gasteiger partial charge is 0.443 e. The first-order valence-electron chi connectivity index (χ1n) is 15.2. The highest BCUT2D eigenvalue weighted by Gasteiger charge is 2.37. The maximum absolute atomic E-state index is 13.5. The molecule has 3 aliphatic heterocycles. The normalized spacial score (nSPS) is 18.8. The number of hydrogen-bond acceptors (Lipinski definition) is 8. The van der Waals surface area contributed by atoms with Gasteiger partial charge in [0.2, 0.25) is 0 Å². The second-order valence-corrected chi connectivity index (χ2v) is 12.7. The van der Waals surface area contributed by atoms with Crippen LogP contribution >= 0.6 is 0 Å². The highest BCUT2D eigenvalue weighted by molar-refractivity contribution is 6.20. The third-order valence-electron chi connectivity index (χ3n) is 8.45. The Balaban J connectivity index is 1.53. The predicted molar refractivity (Wildman–Crippen MR) is 170 cm³/mol. The van der Waals surface area contributed by atoms with Crippen molar-refractivity contribution in [2.75, 3.05) is 24.5 Å². The summed E-state index contributed by atoms with van der Waals surface area (Å²) in [5.74, 6) is -1.10. The summed E-state index contributed by atoms with van der Waals surface area (Å²) in [7, 11) is 0. The molecular weight excluding hydrogens is 568 g/mol. The number of amides is 3. The lowest BCUT2D eigenvalue weighted by molar-refractivity contribution is -0.137. The summed E-state index contributed by atoms with van der Waals surface area (Å²) in [5, 5.41) is 26.8. The molecule has 232 valence electrons. The van der Waals surface area contributed by atoms with E-state index in [9.17, 15) is 24.9 Å². The van der Waals surface area contributed by atoms with Crippen molar-refractivity contribution in [3.05, 3.63) is 80.7 Å². The van der Waals surface area contributed by atoms with Crippen LogP contribution in [0.3, 0.4) is 0 Å². The summed E-state index contributed by atoms with van der Waals surface area (Å²) in [6.45, 7) is 11.9. The molecule has 1 aromatic rings. The lowest BCUT2D eigenvalue weighted by Gasteiger charge is -2.30. The molecule has 0 bridgehead atoms. The van der Waals surface area contributed by atoms with Crippen LogP contribution in [0.1, 0.15) is 77.8 Å². The number of dihydropyridines is 1. The van der Waals surface area contributed by atoms with Crippen LogP contribution in [0.15, 0.2) is 69.6 Å². The summed E-state index contributed by atoms with van der Waals surface area (Å²) in [6, 6.07) is 10.2. The first kappa shape index (κ1) is 31.3. The molecule has 2 N–H and O–H groups in total. The fourth-order valence-electron chi connectivity index (χ4n) is 6.28. The van der Waals surface area contributed by atoms with Crippen molar-refractivity contribution in [1.29, 1.82) is 10.5 Å². The number of nitrogens with one attached hydrogen (secondary N) is 2. The van der Waals surface area contributed by atoms with E-state index < -0.39 is 17.6 Å². The average Bonchev–Trinajstić information content (AvgIpc) is 3.13. The first-order valence-corrected chi connectivity index (χ1v) is 15.2. The molecular formula is C35H38N6O4. The number of hydrogen-bond donors (Lipinski definition) is 2. The van der Waals surface area contributed by atoms with Gasteiger partial charge in [0, 0.05) is 53.4 Å². The summed E-state index contributed by atoms with van der Waals surface area (Å²) in [4.78, 5) is 42.4. The molecule has 1 aromatic carbocycles. The molecule has 0 fully saturated rings. The van der Waals surface area contributed by atoms with Crippen molar-refractivity contribution < 1.29 is 19.1 Å². The van der Waals surface area contributed by atoms with Gasteiger partial charge in [-0.05, 0) is 84.1 Å². The van der Waals surface area contributed by atoms with Crippen LogP contribution < -0.4 is 15.5 Å². The third kappa shape index (κ3) is 5.88. The van der Waals surface area contributed by atoms with Gasteiger partial charge in [-0.3, -0.25) is 19.4 Å². The Morgan fingerprint density at radius 2 is 1.76 bits per heavy atom. The Morgan fingerprint density at radius 3 is 2.38 bits per heavy atom. The Hall–Kier alpha value is -5.09. The summed E-state index contributed by atoms with van der Waals surface area (Å²) < 4.78 is 5.77. The van der Waals surface area contributed by atoms with E-state index in [1.54, 1.807) is 11.0 Å². The molecule has 10 heteroatoms. The number of fused-ring (bicyclic) bond motifs is 1. The van der Waals surface area contributed by atoms with E-state index in [1.165, 1.54) is 4.90 Å². The van der Waals surface area contributed by atoms with Crippen LogP contribution in [-0.4, -0.2) is 48.0 Å². The van der Waals surface area contributed by atoms with Crippen LogP contribution in [0.25, 0.3) is 5.70 Å². The van der Waals surface area contributed by atoms with Gasteiger partial charge in [-0.2, -0.15) is 10.5 Å². The number of carbonyl (C=O) groups excluding carboxylic acids is 3. The van der Waals surface area contributed by atoms with Crippen molar-refractivity contribution in [2.45, 2.75) is 72.3 Å². The van der Waals surface area contributed by atoms with Crippen molar-refractivity contribution in [1.82, 2.24) is 15.5 Å². The fourth-order valence-corrected chi connectivity index (χ4v) is 6.28. The van der Waals surface area contributed by atoms with Gasteiger partial charge in [0.15, 0.2) is 0 Å². The van der Waals surface area contributed by atoms with Gasteiger partial charge in [0.1, 0.15) is 5.60 Å². The van der Waals surface area contributed by atoms with Gasteiger partial charge in [-0.15, -0.1) is 0 Å². The molecule has 0 spiro atoms. The minimum absolute atomic E-state index is 0.176. The van der Waals surface area contributed by atoms with E-state index in [-0.39, 0.29) is 18.4 Å². The maximum Gasteiger partial charge on any atom is 0.414 e. The average molecular weight is 607 g/mol. The summed E-state index contributed by atoms with van der Waals surface area (Å²) >= 11 is 0. The topological polar surface area (TPSA) is 139 Å². The lowest BCUT2D eigenvalue weighted by Crippen LogP contribution is -2.38. The van der Waals surface area contributed by atoms with Crippen LogP contribution in [0.4, 0.5) is 10.5 Å². The molecule has 0 saturated heterocycles. The zero-order valence-corrected chi connectivity index (χ0v) is 26.6. The van der Waals surface area contributed by atoms with Crippen LogP contribution in [0.2, 0.25) is 0 Å². The van der Waals surface area contributed by atoms with E-state index in [2.05, 4.69) is 22.8 Å². The number of nitrogens with zero attached hydrogens (tertiary/aromatic N) is 4. The standard InChI is InChI=1S/C35H38N6O4/c1-20-13-15-40(34(44)45-35(4,5)6)29-12-11-23(30-27(18-36)21(2)39-22(3)28(30)19-37)17-26(29)31(20)38-14-16-41-32(42)24-9-7-8-10-25(24)33(41)43/h7,9,11-12,17,30,38-39H,8,10,13-16H2,1-6H3. The molecule has 0 aromatic heterocycles. The molecule has 10 nitrogen and oxygen atoms in total. The van der Waals surface area contributed by atoms with Crippen molar-refractivity contribution in [3.8, 4) is 12.1 Å². The zero-order chi connectivity index (χ0) is 32.6. The third-order valence-corrected chi connectivity index (χ3v) is 8.45. The minimum atomic E-state index is -0.701. The molecule has 0 radical (unpaired) electrons. The molecule has 4 aliphatic rings. The van der Waals surface area contributed by atoms with Gasteiger partial charge < -0.3 is 15.4 Å². The molecule has 0 saturated carbocycles. The number of rotatable bonds is 5. The Morgan fingerprint density at radius 1 is 1.07 bits per heavy atom. The number of allylic oxidation sites excluding steroid dienone is 5. The second kappa shape index (κ2) is 12.1. The summed E-state index contributed by atoms with van der Waals surface area (Å²) in [5.41, 5.74) is 6.41. The Bertz CT molecular complexity index is 1700. The monoisotopic (exact) mass is 606 g/mol. The van der Waals surface area contributed by atoms with Gasteiger partial charge >= 0.3 is 6.09 Å². The van der Waals surface area contributed by atoms with Gasteiger partial charge in [0.25, 0.3) is 11.8 Å². The molecule has 45 heavy (non-hydrogen) atoms. The van der Waals surface area contributed by atoms with E-state index in [1.807, 2.05) is 65.8 Å². The number of anilines is 1. The molecule has 1 aliphatic carbocycles. The maximum atomic E-state index is 13.5. The second-order valence-electron chi connectivity index (χ2n) is 12.7. The highest BCUT2D eigenvalue weighted by atomic mass is 16.6. The number of imide groups is 1. The highest BCUT2D eigenvalue weighted by Crippen LogP contribution is 2.41. The molecule has 0 unspecified atom stereocenters.